The molecule has 1 aliphatic heterocycles. The van der Waals surface area contributed by atoms with Crippen molar-refractivity contribution in [2.45, 2.75) is 26.5 Å². The van der Waals surface area contributed by atoms with Crippen LogP contribution in [0.15, 0.2) is 18.2 Å². The van der Waals surface area contributed by atoms with Crippen molar-refractivity contribution in [2.24, 2.45) is 0 Å². The first kappa shape index (κ1) is 17.0. The molecule has 2 rings (SSSR count). The molecule has 0 spiro atoms. The highest BCUT2D eigenvalue weighted by atomic mass is 19.3. The van der Waals surface area contributed by atoms with Crippen LogP contribution in [-0.2, 0) is 11.3 Å². The Balaban J connectivity index is 1.98. The Labute approximate surface area is 132 Å². The Morgan fingerprint density at radius 1 is 1.43 bits per heavy atom. The third-order valence-corrected chi connectivity index (χ3v) is 3.46. The van der Waals surface area contributed by atoms with Gasteiger partial charge in [0.25, 0.3) is 0 Å². The largest absolute Gasteiger partial charge is 0.434 e. The lowest BCUT2D eigenvalue weighted by Gasteiger charge is -2.20. The zero-order chi connectivity index (χ0) is 16.8. The number of nitrogens with one attached hydrogen (secondary N) is 2. The van der Waals surface area contributed by atoms with Crippen LogP contribution in [-0.4, -0.2) is 43.1 Å². The third-order valence-electron chi connectivity index (χ3n) is 3.46. The van der Waals surface area contributed by atoms with Crippen LogP contribution in [0, 0.1) is 6.92 Å². The van der Waals surface area contributed by atoms with E-state index in [2.05, 4.69) is 15.4 Å². The number of hydrogen-bond donors (Lipinski definition) is 2. The zero-order valence-corrected chi connectivity index (χ0v) is 12.8. The van der Waals surface area contributed by atoms with E-state index in [4.69, 9.17) is 0 Å². The molecule has 0 aromatic heterocycles. The van der Waals surface area contributed by atoms with E-state index in [9.17, 15) is 18.4 Å². The van der Waals surface area contributed by atoms with Gasteiger partial charge < -0.3 is 20.3 Å². The van der Waals surface area contributed by atoms with Crippen molar-refractivity contribution in [3.63, 3.8) is 0 Å². The molecule has 8 heteroatoms. The minimum atomic E-state index is -2.92. The van der Waals surface area contributed by atoms with Crippen molar-refractivity contribution >= 4 is 11.9 Å². The summed E-state index contributed by atoms with van der Waals surface area (Å²) in [4.78, 5) is 24.9. The SMILES string of the molecule is Cc1ccc(OC(F)F)c(CNC(=O)N2CCNC(=O)CC2)c1. The van der Waals surface area contributed by atoms with Crippen LogP contribution in [0.4, 0.5) is 13.6 Å². The van der Waals surface area contributed by atoms with E-state index >= 15 is 0 Å². The number of halogens is 2. The second kappa shape index (κ2) is 7.75. The maximum atomic E-state index is 12.4. The molecule has 0 aliphatic carbocycles. The molecule has 126 valence electrons. The molecule has 0 atom stereocenters. The van der Waals surface area contributed by atoms with Crippen molar-refractivity contribution in [1.82, 2.24) is 15.5 Å². The Morgan fingerprint density at radius 3 is 2.96 bits per heavy atom. The summed E-state index contributed by atoms with van der Waals surface area (Å²) in [7, 11) is 0. The van der Waals surface area contributed by atoms with Gasteiger partial charge in [0.05, 0.1) is 0 Å². The van der Waals surface area contributed by atoms with E-state index in [1.54, 1.807) is 12.1 Å². The molecule has 2 N–H and O–H groups in total. The molecule has 23 heavy (non-hydrogen) atoms. The maximum Gasteiger partial charge on any atom is 0.387 e. The Bertz CT molecular complexity index is 581. The van der Waals surface area contributed by atoms with Gasteiger partial charge in [-0.25, -0.2) is 4.79 Å². The van der Waals surface area contributed by atoms with E-state index in [0.29, 0.717) is 25.2 Å². The number of carbonyl (C=O) groups is 2. The third kappa shape index (κ3) is 5.08. The number of rotatable bonds is 4. The second-order valence-electron chi connectivity index (χ2n) is 5.24. The molecule has 1 aromatic rings. The van der Waals surface area contributed by atoms with Crippen molar-refractivity contribution < 1.29 is 23.1 Å². The molecule has 0 bridgehead atoms. The number of urea groups is 1. The molecule has 0 unspecified atom stereocenters. The van der Waals surface area contributed by atoms with Gasteiger partial charge in [0.2, 0.25) is 5.91 Å². The lowest BCUT2D eigenvalue weighted by molar-refractivity contribution is -0.120. The van der Waals surface area contributed by atoms with Crippen molar-refractivity contribution in [3.8, 4) is 5.75 Å². The predicted octanol–water partition coefficient (Wildman–Crippen LogP) is 1.63. The van der Waals surface area contributed by atoms with Crippen LogP contribution in [0.1, 0.15) is 17.5 Å². The van der Waals surface area contributed by atoms with Gasteiger partial charge in [-0.1, -0.05) is 17.7 Å². The van der Waals surface area contributed by atoms with Crippen LogP contribution >= 0.6 is 0 Å². The fourth-order valence-electron chi connectivity index (χ4n) is 2.31. The molecule has 1 aliphatic rings. The lowest BCUT2D eigenvalue weighted by Crippen LogP contribution is -2.41. The Hall–Kier alpha value is -2.38. The number of aryl methyl sites for hydroxylation is 1. The van der Waals surface area contributed by atoms with E-state index in [-0.39, 0.29) is 30.7 Å². The quantitative estimate of drug-likeness (QED) is 0.883. The molecular weight excluding hydrogens is 308 g/mol. The van der Waals surface area contributed by atoms with Gasteiger partial charge in [-0.2, -0.15) is 8.78 Å². The second-order valence-corrected chi connectivity index (χ2v) is 5.24. The molecule has 0 saturated carbocycles. The van der Waals surface area contributed by atoms with Gasteiger partial charge in [0, 0.05) is 38.2 Å². The van der Waals surface area contributed by atoms with Crippen LogP contribution < -0.4 is 15.4 Å². The standard InChI is InChI=1S/C15H19F2N3O3/c1-10-2-3-12(23-14(16)17)11(8-10)9-19-15(22)20-6-4-13(21)18-5-7-20/h2-3,8,14H,4-7,9H2,1H3,(H,18,21)(H,19,22). The molecule has 3 amide bonds. The molecule has 0 radical (unpaired) electrons. The first-order valence-electron chi connectivity index (χ1n) is 7.29. The summed E-state index contributed by atoms with van der Waals surface area (Å²) < 4.78 is 29.3. The first-order chi connectivity index (χ1) is 11.0. The Kier molecular flexibility index (Phi) is 5.72. The summed E-state index contributed by atoms with van der Waals surface area (Å²) in [5.74, 6) is -0.0507. The number of amides is 3. The molecule has 1 saturated heterocycles. The topological polar surface area (TPSA) is 70.7 Å². The smallest absolute Gasteiger partial charge is 0.387 e. The normalized spacial score (nSPS) is 15.1. The molecule has 1 aromatic carbocycles. The van der Waals surface area contributed by atoms with Crippen molar-refractivity contribution in [3.05, 3.63) is 29.3 Å². The molecular formula is C15H19F2N3O3. The summed E-state index contributed by atoms with van der Waals surface area (Å²) in [6.45, 7) is 0.104. The van der Waals surface area contributed by atoms with Crippen LogP contribution in [0.2, 0.25) is 0 Å². The summed E-state index contributed by atoms with van der Waals surface area (Å²) in [6, 6.07) is 4.46. The molecule has 6 nitrogen and oxygen atoms in total. The summed E-state index contributed by atoms with van der Waals surface area (Å²) in [5, 5.41) is 5.35. The summed E-state index contributed by atoms with van der Waals surface area (Å²) in [6.07, 6.45) is 0.248. The van der Waals surface area contributed by atoms with Gasteiger partial charge in [-0.15, -0.1) is 0 Å². The summed E-state index contributed by atoms with van der Waals surface area (Å²) >= 11 is 0. The molecule has 1 fully saturated rings. The Morgan fingerprint density at radius 2 is 2.22 bits per heavy atom. The fraction of sp³-hybridized carbons (Fsp3) is 0.467. The minimum Gasteiger partial charge on any atom is -0.434 e. The van der Waals surface area contributed by atoms with E-state index in [1.165, 1.54) is 11.0 Å². The van der Waals surface area contributed by atoms with Gasteiger partial charge >= 0.3 is 12.6 Å². The first-order valence-corrected chi connectivity index (χ1v) is 7.29. The van der Waals surface area contributed by atoms with Gasteiger partial charge in [0.15, 0.2) is 0 Å². The fourth-order valence-corrected chi connectivity index (χ4v) is 2.31. The number of ether oxygens (including phenoxy) is 1. The van der Waals surface area contributed by atoms with Gasteiger partial charge in [0.1, 0.15) is 5.75 Å². The van der Waals surface area contributed by atoms with Crippen LogP contribution in [0.3, 0.4) is 0 Å². The average Bonchev–Trinajstić information content (AvgIpc) is 2.71. The number of hydrogen-bond acceptors (Lipinski definition) is 3. The van der Waals surface area contributed by atoms with E-state index in [0.717, 1.165) is 5.56 Å². The lowest BCUT2D eigenvalue weighted by atomic mass is 10.1. The van der Waals surface area contributed by atoms with Gasteiger partial charge in [-0.3, -0.25) is 4.79 Å². The number of carbonyl (C=O) groups excluding carboxylic acids is 2. The summed E-state index contributed by atoms with van der Waals surface area (Å²) in [5.41, 5.74) is 1.35. The maximum absolute atomic E-state index is 12.4. The van der Waals surface area contributed by atoms with Crippen molar-refractivity contribution in [1.29, 1.82) is 0 Å². The van der Waals surface area contributed by atoms with Crippen molar-refractivity contribution in [2.75, 3.05) is 19.6 Å². The number of nitrogens with zero attached hydrogens (tertiary/aromatic N) is 1. The predicted molar refractivity (Wildman–Crippen MR) is 79.2 cm³/mol. The zero-order valence-electron chi connectivity index (χ0n) is 12.8. The van der Waals surface area contributed by atoms with E-state index < -0.39 is 6.61 Å². The minimum absolute atomic E-state index is 0.0404. The number of alkyl halides is 2. The van der Waals surface area contributed by atoms with Crippen LogP contribution in [0.25, 0.3) is 0 Å². The highest BCUT2D eigenvalue weighted by Crippen LogP contribution is 2.22. The number of benzene rings is 1. The average molecular weight is 327 g/mol. The van der Waals surface area contributed by atoms with E-state index in [1.807, 2.05) is 6.92 Å². The van der Waals surface area contributed by atoms with Gasteiger partial charge in [-0.05, 0) is 13.0 Å². The highest BCUT2D eigenvalue weighted by Gasteiger charge is 2.18. The monoisotopic (exact) mass is 327 g/mol. The van der Waals surface area contributed by atoms with Crippen LogP contribution in [0.5, 0.6) is 5.75 Å². The molecule has 1 heterocycles. The highest BCUT2D eigenvalue weighted by molar-refractivity contribution is 5.79.